The summed E-state index contributed by atoms with van der Waals surface area (Å²) in [5, 5.41) is 3.29. The van der Waals surface area contributed by atoms with E-state index in [1.54, 1.807) is 23.2 Å². The molecule has 2 aromatic rings. The average Bonchev–Trinajstić information content (AvgIpc) is 3.22. The molecule has 2 aliphatic heterocycles. The van der Waals surface area contributed by atoms with Crippen LogP contribution in [0, 0.1) is 5.82 Å². The zero-order chi connectivity index (χ0) is 17.9. The number of piperazine rings is 1. The van der Waals surface area contributed by atoms with Gasteiger partial charge in [0.2, 0.25) is 5.95 Å². The molecule has 0 aliphatic carbocycles. The first kappa shape index (κ1) is 22.3. The summed E-state index contributed by atoms with van der Waals surface area (Å²) >= 11 is 0. The number of aromatic nitrogens is 2. The van der Waals surface area contributed by atoms with Gasteiger partial charge >= 0.3 is 0 Å². The second kappa shape index (κ2) is 10.0. The van der Waals surface area contributed by atoms with Crippen molar-refractivity contribution in [1.82, 2.24) is 20.2 Å². The minimum absolute atomic E-state index is 0. The van der Waals surface area contributed by atoms with Crippen molar-refractivity contribution in [3.8, 4) is 0 Å². The maximum Gasteiger partial charge on any atom is 0.273 e. The first-order valence-corrected chi connectivity index (χ1v) is 9.07. The summed E-state index contributed by atoms with van der Waals surface area (Å²) in [6.07, 6.45) is 3.90. The molecule has 2 fully saturated rings. The molecule has 4 rings (SSSR count). The van der Waals surface area contributed by atoms with Crippen molar-refractivity contribution in [3.05, 3.63) is 53.6 Å². The van der Waals surface area contributed by atoms with Gasteiger partial charge in [-0.05, 0) is 36.6 Å². The molecule has 0 bridgehead atoms. The fraction of sp³-hybridized carbons (Fsp3) is 0.421. The Balaban J connectivity index is 0.00000140. The zero-order valence-electron chi connectivity index (χ0n) is 15.4. The Bertz CT molecular complexity index is 803. The van der Waals surface area contributed by atoms with E-state index in [2.05, 4.69) is 20.2 Å². The SMILES string of the molecule is Cl.Cl.O=C(c1ccnc(N2CCCC2)n1)N1CCNCC1c1cccc(F)c1. The third kappa shape index (κ3) is 4.71. The van der Waals surface area contributed by atoms with Gasteiger partial charge in [0.1, 0.15) is 11.5 Å². The maximum absolute atomic E-state index is 13.6. The van der Waals surface area contributed by atoms with E-state index in [1.807, 2.05) is 6.07 Å². The smallest absolute Gasteiger partial charge is 0.273 e. The van der Waals surface area contributed by atoms with Crippen molar-refractivity contribution >= 4 is 36.7 Å². The van der Waals surface area contributed by atoms with E-state index in [9.17, 15) is 9.18 Å². The molecule has 1 atom stereocenters. The van der Waals surface area contributed by atoms with Gasteiger partial charge in [-0.3, -0.25) is 4.79 Å². The number of hydrogen-bond donors (Lipinski definition) is 1. The lowest BCUT2D eigenvalue weighted by Gasteiger charge is -2.36. The Morgan fingerprint density at radius 2 is 1.93 bits per heavy atom. The Hall–Kier alpha value is -1.96. The summed E-state index contributed by atoms with van der Waals surface area (Å²) in [6, 6.07) is 7.89. The van der Waals surface area contributed by atoms with Crippen LogP contribution in [0.3, 0.4) is 0 Å². The van der Waals surface area contributed by atoms with Crippen molar-refractivity contribution in [3.63, 3.8) is 0 Å². The minimum atomic E-state index is -0.293. The van der Waals surface area contributed by atoms with Gasteiger partial charge in [0.05, 0.1) is 6.04 Å². The Kier molecular flexibility index (Phi) is 7.98. The van der Waals surface area contributed by atoms with Crippen LogP contribution >= 0.6 is 24.8 Å². The van der Waals surface area contributed by atoms with Gasteiger partial charge in [-0.15, -0.1) is 24.8 Å². The molecule has 6 nitrogen and oxygen atoms in total. The number of benzene rings is 1. The highest BCUT2D eigenvalue weighted by molar-refractivity contribution is 5.93. The summed E-state index contributed by atoms with van der Waals surface area (Å²) in [4.78, 5) is 25.8. The number of rotatable bonds is 3. The number of anilines is 1. The zero-order valence-corrected chi connectivity index (χ0v) is 17.0. The molecule has 0 radical (unpaired) electrons. The number of carbonyl (C=O) groups excluding carboxylic acids is 1. The van der Waals surface area contributed by atoms with Crippen LogP contribution in [0.5, 0.6) is 0 Å². The quantitative estimate of drug-likeness (QED) is 0.815. The molecule has 0 spiro atoms. The molecule has 28 heavy (non-hydrogen) atoms. The Morgan fingerprint density at radius 1 is 1.14 bits per heavy atom. The molecule has 152 valence electrons. The van der Waals surface area contributed by atoms with Crippen LogP contribution in [-0.4, -0.2) is 53.5 Å². The van der Waals surface area contributed by atoms with Crippen LogP contribution in [0.1, 0.15) is 34.9 Å². The standard InChI is InChI=1S/C19H22FN5O.2ClH/c20-15-5-3-4-14(12-15)17-13-21-8-11-25(17)18(26)16-6-7-22-19(23-16)24-9-1-2-10-24;;/h3-7,12,17,21H,1-2,8-11,13H2;2*1H. The molecule has 1 aromatic carbocycles. The van der Waals surface area contributed by atoms with Crippen LogP contribution in [0.15, 0.2) is 36.5 Å². The van der Waals surface area contributed by atoms with E-state index in [0.717, 1.165) is 31.5 Å². The summed E-state index contributed by atoms with van der Waals surface area (Å²) in [5.74, 6) is 0.188. The van der Waals surface area contributed by atoms with Gasteiger partial charge in [0, 0.05) is 38.9 Å². The molecule has 2 aliphatic rings. The summed E-state index contributed by atoms with van der Waals surface area (Å²) in [5.41, 5.74) is 1.18. The highest BCUT2D eigenvalue weighted by Gasteiger charge is 2.30. The summed E-state index contributed by atoms with van der Waals surface area (Å²) < 4.78 is 13.6. The molecule has 3 heterocycles. The average molecular weight is 428 g/mol. The summed E-state index contributed by atoms with van der Waals surface area (Å²) in [6.45, 7) is 3.72. The Morgan fingerprint density at radius 3 is 2.68 bits per heavy atom. The topological polar surface area (TPSA) is 61.4 Å². The number of carbonyl (C=O) groups is 1. The molecule has 9 heteroatoms. The van der Waals surface area contributed by atoms with Gasteiger partial charge in [0.15, 0.2) is 0 Å². The van der Waals surface area contributed by atoms with E-state index in [4.69, 9.17) is 0 Å². The van der Waals surface area contributed by atoms with Crippen LogP contribution in [0.2, 0.25) is 0 Å². The molecule has 0 saturated carbocycles. The highest BCUT2D eigenvalue weighted by Crippen LogP contribution is 2.25. The molecule has 2 saturated heterocycles. The molecule has 1 N–H and O–H groups in total. The van der Waals surface area contributed by atoms with Gasteiger partial charge in [-0.2, -0.15) is 0 Å². The Labute approximate surface area is 176 Å². The van der Waals surface area contributed by atoms with Crippen molar-refractivity contribution in [2.24, 2.45) is 0 Å². The highest BCUT2D eigenvalue weighted by atomic mass is 35.5. The van der Waals surface area contributed by atoms with Crippen LogP contribution in [0.25, 0.3) is 0 Å². The lowest BCUT2D eigenvalue weighted by Crippen LogP contribution is -2.49. The summed E-state index contributed by atoms with van der Waals surface area (Å²) in [7, 11) is 0. The van der Waals surface area contributed by atoms with Crippen molar-refractivity contribution in [2.45, 2.75) is 18.9 Å². The van der Waals surface area contributed by atoms with Crippen molar-refractivity contribution in [1.29, 1.82) is 0 Å². The second-order valence-electron chi connectivity index (χ2n) is 6.71. The monoisotopic (exact) mass is 427 g/mol. The van der Waals surface area contributed by atoms with Crippen LogP contribution in [0.4, 0.5) is 10.3 Å². The van der Waals surface area contributed by atoms with Crippen LogP contribution < -0.4 is 10.2 Å². The first-order valence-electron chi connectivity index (χ1n) is 9.07. The third-order valence-corrected chi connectivity index (χ3v) is 4.99. The van der Waals surface area contributed by atoms with Gasteiger partial charge in [-0.25, -0.2) is 14.4 Å². The van der Waals surface area contributed by atoms with Crippen molar-refractivity contribution in [2.75, 3.05) is 37.6 Å². The largest absolute Gasteiger partial charge is 0.341 e. The van der Waals surface area contributed by atoms with Crippen LogP contribution in [-0.2, 0) is 0 Å². The third-order valence-electron chi connectivity index (χ3n) is 4.99. The molecular weight excluding hydrogens is 404 g/mol. The van der Waals surface area contributed by atoms with E-state index >= 15 is 0 Å². The molecular formula is C19H24Cl2FN5O. The number of nitrogens with zero attached hydrogens (tertiary/aromatic N) is 4. The fourth-order valence-corrected chi connectivity index (χ4v) is 3.64. The number of hydrogen-bond acceptors (Lipinski definition) is 5. The normalized spacial score (nSPS) is 19.0. The number of halogens is 3. The number of amides is 1. The molecule has 1 aromatic heterocycles. The van der Waals surface area contributed by atoms with E-state index < -0.39 is 0 Å². The van der Waals surface area contributed by atoms with E-state index in [1.165, 1.54) is 12.1 Å². The maximum atomic E-state index is 13.6. The lowest BCUT2D eigenvalue weighted by atomic mass is 10.0. The molecule has 1 amide bonds. The van der Waals surface area contributed by atoms with Gasteiger partial charge in [-0.1, -0.05) is 12.1 Å². The fourth-order valence-electron chi connectivity index (χ4n) is 3.64. The van der Waals surface area contributed by atoms with Gasteiger partial charge < -0.3 is 15.1 Å². The first-order chi connectivity index (χ1) is 12.7. The number of nitrogens with one attached hydrogen (secondary N) is 1. The predicted octanol–water partition coefficient (Wildman–Crippen LogP) is 2.85. The van der Waals surface area contributed by atoms with Gasteiger partial charge in [0.25, 0.3) is 5.91 Å². The van der Waals surface area contributed by atoms with E-state index in [0.29, 0.717) is 31.3 Å². The predicted molar refractivity (Wildman–Crippen MR) is 111 cm³/mol. The van der Waals surface area contributed by atoms with E-state index in [-0.39, 0.29) is 42.6 Å². The minimum Gasteiger partial charge on any atom is -0.341 e. The lowest BCUT2D eigenvalue weighted by molar-refractivity contribution is 0.0627. The second-order valence-corrected chi connectivity index (χ2v) is 6.71. The molecule has 1 unspecified atom stereocenters. The van der Waals surface area contributed by atoms with Crippen molar-refractivity contribution < 1.29 is 9.18 Å².